The molecule has 0 heterocycles. The van der Waals surface area contributed by atoms with Crippen LogP contribution in [0.3, 0.4) is 0 Å². The minimum Gasteiger partial charge on any atom is -0.0708 e. The summed E-state index contributed by atoms with van der Waals surface area (Å²) in [4.78, 5) is 0. The molecule has 0 saturated heterocycles. The van der Waals surface area contributed by atoms with Crippen molar-refractivity contribution in [2.45, 2.75) is 19.6 Å². The minimum atomic E-state index is -0.545. The van der Waals surface area contributed by atoms with Crippen molar-refractivity contribution in [3.63, 3.8) is 0 Å². The molecule has 0 radical (unpaired) electrons. The van der Waals surface area contributed by atoms with Gasteiger partial charge < -0.3 is 0 Å². The summed E-state index contributed by atoms with van der Waals surface area (Å²) in [5, 5.41) is 3.18. The van der Waals surface area contributed by atoms with Gasteiger partial charge in [0, 0.05) is 0 Å². The van der Waals surface area contributed by atoms with Crippen molar-refractivity contribution in [3.05, 3.63) is 24.3 Å². The van der Waals surface area contributed by atoms with Gasteiger partial charge in [-0.1, -0.05) is 54.3 Å². The normalized spacial score (nSPS) is 11.6. The van der Waals surface area contributed by atoms with Crippen molar-refractivity contribution >= 4 is 28.7 Å². The number of rotatable bonds is 2. The average Bonchev–Trinajstić information content (AvgIpc) is 2.05. The van der Waals surface area contributed by atoms with Crippen LogP contribution in [0, 0.1) is 0 Å². The van der Waals surface area contributed by atoms with E-state index in [2.05, 4.69) is 43.9 Å². The fraction of sp³-hybridized carbons (Fsp3) is 0.333. The van der Waals surface area contributed by atoms with E-state index in [0.29, 0.717) is 0 Å². The molecule has 2 heteroatoms. The van der Waals surface area contributed by atoms with Crippen LogP contribution in [0.1, 0.15) is 0 Å². The van der Waals surface area contributed by atoms with E-state index in [1.54, 1.807) is 10.4 Å². The highest BCUT2D eigenvalue weighted by Gasteiger charge is 1.98. The lowest BCUT2D eigenvalue weighted by molar-refractivity contribution is 1.79. The van der Waals surface area contributed by atoms with Gasteiger partial charge in [0.2, 0.25) is 0 Å². The van der Waals surface area contributed by atoms with E-state index < -0.39 is 8.80 Å². The smallest absolute Gasteiger partial charge is 0.0647 e. The molecular formula is C9H16Si2. The second-order valence-electron chi connectivity index (χ2n) is 3.25. The Morgan fingerprint density at radius 1 is 1.09 bits per heavy atom. The Bertz CT molecular complexity index is 214. The lowest BCUT2D eigenvalue weighted by Crippen LogP contribution is -2.24. The van der Waals surface area contributed by atoms with Gasteiger partial charge in [-0.15, -0.1) is 0 Å². The Hall–Kier alpha value is -0.346. The van der Waals surface area contributed by atoms with Crippen molar-refractivity contribution in [1.29, 1.82) is 0 Å². The molecule has 1 rings (SSSR count). The number of hydrogen-bond donors (Lipinski definition) is 0. The molecule has 1 aromatic rings. The topological polar surface area (TPSA) is 0 Å². The summed E-state index contributed by atoms with van der Waals surface area (Å²) in [6.45, 7) is 7.08. The monoisotopic (exact) mass is 180 g/mol. The van der Waals surface area contributed by atoms with Gasteiger partial charge in [-0.05, 0) is 0 Å². The average molecular weight is 180 g/mol. The molecule has 0 aliphatic rings. The van der Waals surface area contributed by atoms with E-state index in [0.717, 1.165) is 0 Å². The number of benzene rings is 1. The van der Waals surface area contributed by atoms with Gasteiger partial charge in [-0.25, -0.2) is 0 Å². The Kier molecular flexibility index (Phi) is 3.08. The highest BCUT2D eigenvalue weighted by molar-refractivity contribution is 6.70. The zero-order valence-electron chi connectivity index (χ0n) is 7.59. The van der Waals surface area contributed by atoms with E-state index >= 15 is 0 Å². The van der Waals surface area contributed by atoms with Crippen LogP contribution in [0.15, 0.2) is 24.3 Å². The van der Waals surface area contributed by atoms with E-state index in [1.807, 2.05) is 0 Å². The molecule has 0 fully saturated rings. The molecule has 0 saturated carbocycles. The minimum absolute atomic E-state index is 0.0661. The molecule has 0 unspecified atom stereocenters. The predicted molar refractivity (Wildman–Crippen MR) is 59.0 cm³/mol. The van der Waals surface area contributed by atoms with Crippen LogP contribution in [-0.4, -0.2) is 18.3 Å². The molecule has 0 aromatic heterocycles. The molecule has 0 atom stereocenters. The molecule has 0 spiro atoms. The highest BCUT2D eigenvalue weighted by Crippen LogP contribution is 1.85. The predicted octanol–water partition coefficient (Wildman–Crippen LogP) is 0.222. The van der Waals surface area contributed by atoms with E-state index in [1.165, 1.54) is 0 Å². The molecule has 0 N–H and O–H groups in total. The third-order valence-electron chi connectivity index (χ3n) is 2.05. The van der Waals surface area contributed by atoms with E-state index in [9.17, 15) is 0 Å². The van der Waals surface area contributed by atoms with Crippen molar-refractivity contribution < 1.29 is 0 Å². The molecule has 11 heavy (non-hydrogen) atoms. The van der Waals surface area contributed by atoms with Gasteiger partial charge in [0.25, 0.3) is 0 Å². The van der Waals surface area contributed by atoms with Crippen LogP contribution in [0.25, 0.3) is 0 Å². The maximum Gasteiger partial charge on any atom is 0.0647 e. The van der Waals surface area contributed by atoms with Gasteiger partial charge in [-0.2, -0.15) is 0 Å². The fourth-order valence-electron chi connectivity index (χ4n) is 1.14. The molecular weight excluding hydrogens is 164 g/mol. The third-order valence-corrected chi connectivity index (χ3v) is 5.06. The first-order valence-corrected chi connectivity index (χ1v) is 9.33. The van der Waals surface area contributed by atoms with E-state index in [4.69, 9.17) is 0 Å². The van der Waals surface area contributed by atoms with Gasteiger partial charge in [0.05, 0.1) is 18.3 Å². The van der Waals surface area contributed by atoms with Crippen LogP contribution in [0.4, 0.5) is 0 Å². The first-order valence-electron chi connectivity index (χ1n) is 4.33. The number of hydrogen-bond acceptors (Lipinski definition) is 0. The van der Waals surface area contributed by atoms with Crippen LogP contribution < -0.4 is 10.4 Å². The van der Waals surface area contributed by atoms with Crippen LogP contribution >= 0.6 is 0 Å². The fourth-order valence-corrected chi connectivity index (χ4v) is 2.81. The van der Waals surface area contributed by atoms with Crippen LogP contribution in [0.2, 0.25) is 19.6 Å². The molecule has 1 aromatic carbocycles. The van der Waals surface area contributed by atoms with Crippen molar-refractivity contribution in [2.24, 2.45) is 0 Å². The first-order chi connectivity index (χ1) is 5.24. The summed E-state index contributed by atoms with van der Waals surface area (Å²) in [7, 11) is -0.479. The van der Waals surface area contributed by atoms with Crippen molar-refractivity contribution in [3.8, 4) is 0 Å². The lowest BCUT2D eigenvalue weighted by Gasteiger charge is -2.03. The van der Waals surface area contributed by atoms with Gasteiger partial charge in [0.15, 0.2) is 0 Å². The molecule has 0 nitrogen and oxygen atoms in total. The van der Waals surface area contributed by atoms with Crippen molar-refractivity contribution in [2.75, 3.05) is 0 Å². The van der Waals surface area contributed by atoms with Crippen molar-refractivity contribution in [1.82, 2.24) is 0 Å². The van der Waals surface area contributed by atoms with Crippen LogP contribution in [-0.2, 0) is 0 Å². The second-order valence-corrected chi connectivity index (χ2v) is 7.75. The largest absolute Gasteiger partial charge is 0.0708 e. The molecule has 60 valence electrons. The zero-order chi connectivity index (χ0) is 8.27. The highest BCUT2D eigenvalue weighted by atomic mass is 28.3. The standard InChI is InChI=1S/C9H16Si2/c1-10-8-4-6-9(7-5-8)11(2)3/h4-7,11H,10H2,1-3H3. The zero-order valence-corrected chi connectivity index (χ0v) is 10.2. The molecule has 0 bridgehead atoms. The second kappa shape index (κ2) is 3.88. The lowest BCUT2D eigenvalue weighted by atomic mass is 10.4. The Labute approximate surface area is 73.1 Å². The maximum atomic E-state index is 2.37. The molecule has 0 amide bonds. The van der Waals surface area contributed by atoms with Gasteiger partial charge in [0.1, 0.15) is 0 Å². The Morgan fingerprint density at radius 2 is 1.64 bits per heavy atom. The molecule has 0 aliphatic carbocycles. The summed E-state index contributed by atoms with van der Waals surface area (Å²) in [6.07, 6.45) is 0. The third kappa shape index (κ3) is 2.31. The molecule has 0 aliphatic heterocycles. The van der Waals surface area contributed by atoms with Crippen LogP contribution in [0.5, 0.6) is 0 Å². The Balaban J connectivity index is 2.83. The quantitative estimate of drug-likeness (QED) is 0.571. The van der Waals surface area contributed by atoms with Gasteiger partial charge in [-0.3, -0.25) is 0 Å². The SMILES string of the molecule is C[SiH2]c1ccc([SiH](C)C)cc1. The Morgan fingerprint density at radius 3 is 2.00 bits per heavy atom. The van der Waals surface area contributed by atoms with Gasteiger partial charge >= 0.3 is 0 Å². The summed E-state index contributed by atoms with van der Waals surface area (Å²) < 4.78 is 0. The van der Waals surface area contributed by atoms with E-state index in [-0.39, 0.29) is 9.52 Å². The maximum absolute atomic E-state index is 2.37. The summed E-state index contributed by atoms with van der Waals surface area (Å²) in [5.41, 5.74) is 0. The summed E-state index contributed by atoms with van der Waals surface area (Å²) in [5.74, 6) is 0. The summed E-state index contributed by atoms with van der Waals surface area (Å²) in [6, 6.07) is 9.27. The summed E-state index contributed by atoms with van der Waals surface area (Å²) >= 11 is 0. The first kappa shape index (κ1) is 8.75.